The molecular weight excluding hydrogens is 205 g/mol. The number of nitrogens with zero attached hydrogens (tertiary/aromatic N) is 2. The molecule has 0 saturated carbocycles. The van der Waals surface area contributed by atoms with E-state index in [1.54, 1.807) is 6.20 Å². The summed E-state index contributed by atoms with van der Waals surface area (Å²) in [4.78, 5) is 3.82. The zero-order valence-corrected chi connectivity index (χ0v) is 9.15. The summed E-state index contributed by atoms with van der Waals surface area (Å²) in [6.07, 6.45) is 6.92. The fraction of sp³-hybridized carbons (Fsp3) is 0.250. The molecule has 1 N–H and O–H groups in total. The van der Waals surface area contributed by atoms with Crippen LogP contribution in [0.2, 0.25) is 0 Å². The van der Waals surface area contributed by atoms with Crippen LogP contribution in [0, 0.1) is 5.82 Å². The molecule has 0 radical (unpaired) electrons. The van der Waals surface area contributed by atoms with Crippen molar-refractivity contribution < 1.29 is 4.39 Å². The minimum absolute atomic E-state index is 0.292. The summed E-state index contributed by atoms with van der Waals surface area (Å²) in [6, 6.07) is 3.55. The van der Waals surface area contributed by atoms with Gasteiger partial charge in [-0.25, -0.2) is 4.39 Å². The van der Waals surface area contributed by atoms with Crippen LogP contribution in [0.1, 0.15) is 11.1 Å². The van der Waals surface area contributed by atoms with Crippen molar-refractivity contribution in [3.63, 3.8) is 0 Å². The summed E-state index contributed by atoms with van der Waals surface area (Å²) in [6.45, 7) is 1.49. The fourth-order valence-corrected chi connectivity index (χ4v) is 1.65. The largest absolute Gasteiger partial charge is 0.350 e. The Labute approximate surface area is 93.9 Å². The molecular formula is C12H14FN3. The third kappa shape index (κ3) is 2.67. The van der Waals surface area contributed by atoms with Gasteiger partial charge in [-0.15, -0.1) is 0 Å². The van der Waals surface area contributed by atoms with Gasteiger partial charge in [-0.05, 0) is 30.3 Å². The van der Waals surface area contributed by atoms with Crippen LogP contribution in [-0.2, 0) is 13.1 Å². The molecule has 4 heteroatoms. The van der Waals surface area contributed by atoms with Gasteiger partial charge < -0.3 is 9.88 Å². The van der Waals surface area contributed by atoms with E-state index in [9.17, 15) is 4.39 Å². The van der Waals surface area contributed by atoms with Gasteiger partial charge in [-0.1, -0.05) is 0 Å². The van der Waals surface area contributed by atoms with Crippen LogP contribution in [0.25, 0.3) is 0 Å². The highest BCUT2D eigenvalue weighted by molar-refractivity contribution is 5.15. The number of hydrogen-bond acceptors (Lipinski definition) is 2. The Morgan fingerprint density at radius 1 is 1.38 bits per heavy atom. The second kappa shape index (κ2) is 4.90. The molecule has 0 aliphatic carbocycles. The van der Waals surface area contributed by atoms with E-state index >= 15 is 0 Å². The van der Waals surface area contributed by atoms with Gasteiger partial charge in [0.1, 0.15) is 5.82 Å². The first-order valence-corrected chi connectivity index (χ1v) is 5.16. The second-order valence-corrected chi connectivity index (χ2v) is 3.73. The van der Waals surface area contributed by atoms with Gasteiger partial charge in [0.15, 0.2) is 0 Å². The van der Waals surface area contributed by atoms with Gasteiger partial charge in [-0.2, -0.15) is 0 Å². The summed E-state index contributed by atoms with van der Waals surface area (Å²) in [7, 11) is 1.91. The maximum atomic E-state index is 12.9. The van der Waals surface area contributed by atoms with Crippen molar-refractivity contribution in [1.29, 1.82) is 0 Å². The third-order valence-electron chi connectivity index (χ3n) is 2.32. The maximum Gasteiger partial charge on any atom is 0.141 e. The Morgan fingerprint density at radius 3 is 3.00 bits per heavy atom. The van der Waals surface area contributed by atoms with Crippen LogP contribution in [0.4, 0.5) is 4.39 Å². The van der Waals surface area contributed by atoms with E-state index in [2.05, 4.69) is 10.3 Å². The topological polar surface area (TPSA) is 29.9 Å². The van der Waals surface area contributed by atoms with Gasteiger partial charge in [0.05, 0.1) is 6.20 Å². The highest BCUT2D eigenvalue weighted by Crippen LogP contribution is 2.06. The van der Waals surface area contributed by atoms with Crippen LogP contribution in [0.15, 0.2) is 36.9 Å². The van der Waals surface area contributed by atoms with E-state index in [0.717, 1.165) is 12.1 Å². The van der Waals surface area contributed by atoms with Crippen molar-refractivity contribution in [2.45, 2.75) is 13.1 Å². The Balaban J connectivity index is 2.08. The van der Waals surface area contributed by atoms with Crippen LogP contribution < -0.4 is 5.32 Å². The van der Waals surface area contributed by atoms with Crippen molar-refractivity contribution >= 4 is 0 Å². The molecule has 0 aliphatic heterocycles. The molecule has 2 rings (SSSR count). The number of aromatic nitrogens is 2. The molecule has 0 spiro atoms. The lowest BCUT2D eigenvalue weighted by molar-refractivity contribution is 0.616. The van der Waals surface area contributed by atoms with Gasteiger partial charge in [0.25, 0.3) is 0 Å². The molecule has 0 amide bonds. The smallest absolute Gasteiger partial charge is 0.141 e. The first-order chi connectivity index (χ1) is 7.78. The van der Waals surface area contributed by atoms with Crippen molar-refractivity contribution in [3.8, 4) is 0 Å². The van der Waals surface area contributed by atoms with E-state index in [0.29, 0.717) is 6.54 Å². The molecule has 0 fully saturated rings. The van der Waals surface area contributed by atoms with Gasteiger partial charge in [0.2, 0.25) is 0 Å². The molecule has 0 unspecified atom stereocenters. The standard InChI is InChI=1S/C12H14FN3/c1-14-5-10-2-3-16(8-10)9-11-4-12(13)7-15-6-11/h2-4,6-8,14H,5,9H2,1H3. The van der Waals surface area contributed by atoms with Crippen LogP contribution in [0.3, 0.4) is 0 Å². The molecule has 2 heterocycles. The number of hydrogen-bond donors (Lipinski definition) is 1. The maximum absolute atomic E-state index is 12.9. The summed E-state index contributed by atoms with van der Waals surface area (Å²) in [5.41, 5.74) is 2.08. The normalized spacial score (nSPS) is 10.6. The predicted octanol–water partition coefficient (Wildman–Crippen LogP) is 1.79. The van der Waals surface area contributed by atoms with Gasteiger partial charge in [-0.3, -0.25) is 4.98 Å². The summed E-state index contributed by atoms with van der Waals surface area (Å²) in [5.74, 6) is -0.292. The molecule has 3 nitrogen and oxygen atoms in total. The summed E-state index contributed by atoms with van der Waals surface area (Å²) in [5, 5.41) is 3.08. The molecule has 84 valence electrons. The van der Waals surface area contributed by atoms with Gasteiger partial charge >= 0.3 is 0 Å². The molecule has 0 bridgehead atoms. The lowest BCUT2D eigenvalue weighted by atomic mass is 10.3. The van der Waals surface area contributed by atoms with E-state index in [1.165, 1.54) is 17.8 Å². The number of pyridine rings is 1. The predicted molar refractivity (Wildman–Crippen MR) is 60.5 cm³/mol. The molecule has 2 aromatic rings. The van der Waals surface area contributed by atoms with Crippen molar-refractivity contribution in [3.05, 3.63) is 53.9 Å². The zero-order valence-electron chi connectivity index (χ0n) is 9.15. The Bertz CT molecular complexity index is 465. The molecule has 0 saturated heterocycles. The quantitative estimate of drug-likeness (QED) is 0.849. The monoisotopic (exact) mass is 219 g/mol. The molecule has 16 heavy (non-hydrogen) atoms. The zero-order chi connectivity index (χ0) is 11.4. The van der Waals surface area contributed by atoms with E-state index < -0.39 is 0 Å². The van der Waals surface area contributed by atoms with Crippen molar-refractivity contribution in [1.82, 2.24) is 14.9 Å². The SMILES string of the molecule is CNCc1ccn(Cc2cncc(F)c2)c1. The minimum Gasteiger partial charge on any atom is -0.350 e. The highest BCUT2D eigenvalue weighted by Gasteiger charge is 1.99. The molecule has 0 atom stereocenters. The third-order valence-corrected chi connectivity index (χ3v) is 2.32. The number of rotatable bonds is 4. The highest BCUT2D eigenvalue weighted by atomic mass is 19.1. The Morgan fingerprint density at radius 2 is 2.25 bits per heavy atom. The van der Waals surface area contributed by atoms with Crippen LogP contribution in [-0.4, -0.2) is 16.6 Å². The number of nitrogens with one attached hydrogen (secondary N) is 1. The van der Waals surface area contributed by atoms with Crippen molar-refractivity contribution in [2.75, 3.05) is 7.05 Å². The Kier molecular flexibility index (Phi) is 3.31. The van der Waals surface area contributed by atoms with Crippen LogP contribution >= 0.6 is 0 Å². The molecule has 0 aromatic carbocycles. The first-order valence-electron chi connectivity index (χ1n) is 5.16. The average Bonchev–Trinajstić information content (AvgIpc) is 2.66. The fourth-order valence-electron chi connectivity index (χ4n) is 1.65. The lowest BCUT2D eigenvalue weighted by Gasteiger charge is -2.02. The van der Waals surface area contributed by atoms with E-state index in [1.807, 2.05) is 30.1 Å². The average molecular weight is 219 g/mol. The van der Waals surface area contributed by atoms with E-state index in [-0.39, 0.29) is 5.82 Å². The first kappa shape index (κ1) is 10.8. The number of halogens is 1. The summed E-state index contributed by atoms with van der Waals surface area (Å²) < 4.78 is 14.9. The lowest BCUT2D eigenvalue weighted by Crippen LogP contribution is -2.04. The molecule has 0 aliphatic rings. The second-order valence-electron chi connectivity index (χ2n) is 3.73. The van der Waals surface area contributed by atoms with Crippen LogP contribution in [0.5, 0.6) is 0 Å². The summed E-state index contributed by atoms with van der Waals surface area (Å²) >= 11 is 0. The van der Waals surface area contributed by atoms with Gasteiger partial charge in [0, 0.05) is 31.7 Å². The Hall–Kier alpha value is -1.68. The molecule has 2 aromatic heterocycles. The van der Waals surface area contributed by atoms with Crippen molar-refractivity contribution in [2.24, 2.45) is 0 Å². The van der Waals surface area contributed by atoms with E-state index in [4.69, 9.17) is 0 Å². The minimum atomic E-state index is -0.292.